The second-order valence-electron chi connectivity index (χ2n) is 4.68. The van der Waals surface area contributed by atoms with Crippen molar-refractivity contribution in [2.24, 2.45) is 0 Å². The van der Waals surface area contributed by atoms with Crippen LogP contribution in [0.25, 0.3) is 0 Å². The zero-order valence-electron chi connectivity index (χ0n) is 10.4. The van der Waals surface area contributed by atoms with Crippen LogP contribution in [0.2, 0.25) is 5.02 Å². The molecule has 0 fully saturated rings. The van der Waals surface area contributed by atoms with Gasteiger partial charge in [-0.2, -0.15) is 0 Å². The van der Waals surface area contributed by atoms with Crippen LogP contribution in [0.4, 0.5) is 5.69 Å². The van der Waals surface area contributed by atoms with Crippen LogP contribution in [0.3, 0.4) is 0 Å². The SMILES string of the molecule is O=C(Cc1cccs1)N1CCCc2cc(Cl)ccc21. The van der Waals surface area contributed by atoms with Crippen molar-refractivity contribution in [2.45, 2.75) is 19.3 Å². The van der Waals surface area contributed by atoms with Gasteiger partial charge >= 0.3 is 0 Å². The number of aryl methyl sites for hydroxylation is 1. The van der Waals surface area contributed by atoms with E-state index in [1.54, 1.807) is 11.3 Å². The van der Waals surface area contributed by atoms with Crippen LogP contribution in [0.1, 0.15) is 16.9 Å². The van der Waals surface area contributed by atoms with E-state index < -0.39 is 0 Å². The molecule has 0 unspecified atom stereocenters. The fourth-order valence-corrected chi connectivity index (χ4v) is 3.37. The van der Waals surface area contributed by atoms with Crippen LogP contribution in [-0.2, 0) is 17.6 Å². The molecule has 1 aliphatic rings. The van der Waals surface area contributed by atoms with Gasteiger partial charge in [-0.15, -0.1) is 11.3 Å². The van der Waals surface area contributed by atoms with Crippen LogP contribution in [0.5, 0.6) is 0 Å². The second kappa shape index (κ2) is 5.35. The van der Waals surface area contributed by atoms with E-state index in [1.165, 1.54) is 5.56 Å². The number of hydrogen-bond donors (Lipinski definition) is 0. The number of hydrogen-bond acceptors (Lipinski definition) is 2. The van der Waals surface area contributed by atoms with E-state index in [2.05, 4.69) is 0 Å². The first kappa shape index (κ1) is 12.7. The monoisotopic (exact) mass is 291 g/mol. The summed E-state index contributed by atoms with van der Waals surface area (Å²) >= 11 is 7.65. The number of thiophene rings is 1. The predicted molar refractivity (Wildman–Crippen MR) is 80.1 cm³/mol. The topological polar surface area (TPSA) is 20.3 Å². The maximum absolute atomic E-state index is 12.4. The van der Waals surface area contributed by atoms with Crippen LogP contribution in [0.15, 0.2) is 35.7 Å². The van der Waals surface area contributed by atoms with E-state index in [-0.39, 0.29) is 5.91 Å². The van der Waals surface area contributed by atoms with Gasteiger partial charge in [0.2, 0.25) is 5.91 Å². The Morgan fingerprint density at radius 3 is 3.05 bits per heavy atom. The smallest absolute Gasteiger partial charge is 0.232 e. The lowest BCUT2D eigenvalue weighted by molar-refractivity contribution is -0.118. The van der Waals surface area contributed by atoms with Crippen molar-refractivity contribution in [2.75, 3.05) is 11.4 Å². The highest BCUT2D eigenvalue weighted by atomic mass is 35.5. The second-order valence-corrected chi connectivity index (χ2v) is 6.15. The Morgan fingerprint density at radius 1 is 1.37 bits per heavy atom. The summed E-state index contributed by atoms with van der Waals surface area (Å²) in [5.41, 5.74) is 2.20. The average molecular weight is 292 g/mol. The average Bonchev–Trinajstić information content (AvgIpc) is 2.90. The number of nitrogens with zero attached hydrogens (tertiary/aromatic N) is 1. The van der Waals surface area contributed by atoms with E-state index in [0.717, 1.165) is 35.0 Å². The van der Waals surface area contributed by atoms with Crippen molar-refractivity contribution in [1.82, 2.24) is 0 Å². The van der Waals surface area contributed by atoms with Gasteiger partial charge in [-0.3, -0.25) is 4.79 Å². The van der Waals surface area contributed by atoms with Crippen molar-refractivity contribution in [1.29, 1.82) is 0 Å². The maximum Gasteiger partial charge on any atom is 0.232 e. The quantitative estimate of drug-likeness (QED) is 0.821. The molecule has 2 heterocycles. The van der Waals surface area contributed by atoms with E-state index in [9.17, 15) is 4.79 Å². The zero-order valence-corrected chi connectivity index (χ0v) is 12.0. The Kier molecular flexibility index (Phi) is 3.58. The molecule has 0 aliphatic carbocycles. The van der Waals surface area contributed by atoms with Crippen molar-refractivity contribution < 1.29 is 4.79 Å². The Morgan fingerprint density at radius 2 is 2.26 bits per heavy atom. The highest BCUT2D eigenvalue weighted by Gasteiger charge is 2.22. The molecular weight excluding hydrogens is 278 g/mol. The number of carbonyl (C=O) groups is 1. The zero-order chi connectivity index (χ0) is 13.2. The number of amides is 1. The maximum atomic E-state index is 12.4. The predicted octanol–water partition coefficient (Wildman–Crippen LogP) is 3.92. The fraction of sp³-hybridized carbons (Fsp3) is 0.267. The third kappa shape index (κ3) is 2.67. The normalized spacial score (nSPS) is 14.3. The van der Waals surface area contributed by atoms with E-state index in [4.69, 9.17) is 11.6 Å². The first-order valence-corrected chi connectivity index (χ1v) is 7.61. The van der Waals surface area contributed by atoms with E-state index in [1.807, 2.05) is 40.6 Å². The minimum Gasteiger partial charge on any atom is -0.312 e. The molecule has 2 nitrogen and oxygen atoms in total. The van der Waals surface area contributed by atoms with Gasteiger partial charge in [0.05, 0.1) is 6.42 Å². The molecule has 0 saturated carbocycles. The number of rotatable bonds is 2. The van der Waals surface area contributed by atoms with Crippen molar-refractivity contribution in [3.8, 4) is 0 Å². The Bertz CT molecular complexity index is 594. The van der Waals surface area contributed by atoms with Gasteiger partial charge in [-0.25, -0.2) is 0 Å². The number of carbonyl (C=O) groups excluding carboxylic acids is 1. The molecule has 0 radical (unpaired) electrons. The summed E-state index contributed by atoms with van der Waals surface area (Å²) in [4.78, 5) is 15.4. The number of benzene rings is 1. The number of fused-ring (bicyclic) bond motifs is 1. The van der Waals surface area contributed by atoms with Gasteiger partial charge in [0, 0.05) is 22.1 Å². The molecule has 1 aromatic heterocycles. The molecule has 1 aromatic carbocycles. The Hall–Kier alpha value is -1.32. The summed E-state index contributed by atoms with van der Waals surface area (Å²) in [6, 6.07) is 9.79. The molecular formula is C15H14ClNOS. The standard InChI is InChI=1S/C15H14ClNOS/c16-12-5-6-14-11(9-12)3-1-7-17(14)15(18)10-13-4-2-8-19-13/h2,4-6,8-9H,1,3,7,10H2. The minimum absolute atomic E-state index is 0.172. The molecule has 1 aliphatic heterocycles. The summed E-state index contributed by atoms with van der Waals surface area (Å²) in [6.07, 6.45) is 2.49. The van der Waals surface area contributed by atoms with Gasteiger partial charge in [0.1, 0.15) is 0 Å². The van der Waals surface area contributed by atoms with Crippen molar-refractivity contribution in [3.05, 3.63) is 51.2 Å². The molecule has 0 N–H and O–H groups in total. The van der Waals surface area contributed by atoms with Gasteiger partial charge < -0.3 is 4.90 Å². The lowest BCUT2D eigenvalue weighted by Crippen LogP contribution is -2.36. The Labute approximate surface area is 121 Å². The summed E-state index contributed by atoms with van der Waals surface area (Å²) in [6.45, 7) is 0.804. The molecule has 0 atom stereocenters. The van der Waals surface area contributed by atoms with Crippen molar-refractivity contribution in [3.63, 3.8) is 0 Å². The summed E-state index contributed by atoms with van der Waals surface area (Å²) in [5.74, 6) is 0.172. The molecule has 0 saturated heterocycles. The van der Waals surface area contributed by atoms with Crippen molar-refractivity contribution >= 4 is 34.5 Å². The summed E-state index contributed by atoms with van der Waals surface area (Å²) in [7, 11) is 0. The third-order valence-corrected chi connectivity index (χ3v) is 4.48. The highest BCUT2D eigenvalue weighted by molar-refractivity contribution is 7.10. The van der Waals surface area contributed by atoms with Crippen LogP contribution >= 0.6 is 22.9 Å². The first-order chi connectivity index (χ1) is 9.24. The number of halogens is 1. The van der Waals surface area contributed by atoms with E-state index in [0.29, 0.717) is 6.42 Å². The van der Waals surface area contributed by atoms with Gasteiger partial charge in [0.15, 0.2) is 0 Å². The molecule has 1 amide bonds. The van der Waals surface area contributed by atoms with Gasteiger partial charge in [-0.1, -0.05) is 17.7 Å². The third-order valence-electron chi connectivity index (χ3n) is 3.37. The van der Waals surface area contributed by atoms with Gasteiger partial charge in [-0.05, 0) is 48.1 Å². The number of anilines is 1. The van der Waals surface area contributed by atoms with Crippen LogP contribution < -0.4 is 4.90 Å². The molecule has 98 valence electrons. The molecule has 4 heteroatoms. The summed E-state index contributed by atoms with van der Waals surface area (Å²) in [5, 5.41) is 2.75. The van der Waals surface area contributed by atoms with Gasteiger partial charge in [0.25, 0.3) is 0 Å². The molecule has 3 rings (SSSR count). The minimum atomic E-state index is 0.172. The lowest BCUT2D eigenvalue weighted by atomic mass is 10.0. The molecule has 2 aromatic rings. The van der Waals surface area contributed by atoms with E-state index >= 15 is 0 Å². The fourth-order valence-electron chi connectivity index (χ4n) is 2.48. The molecule has 0 spiro atoms. The van der Waals surface area contributed by atoms with Crippen LogP contribution in [-0.4, -0.2) is 12.5 Å². The highest BCUT2D eigenvalue weighted by Crippen LogP contribution is 2.30. The molecule has 0 bridgehead atoms. The lowest BCUT2D eigenvalue weighted by Gasteiger charge is -2.29. The Balaban J connectivity index is 1.85. The first-order valence-electron chi connectivity index (χ1n) is 6.35. The largest absolute Gasteiger partial charge is 0.312 e. The molecule has 19 heavy (non-hydrogen) atoms. The van der Waals surface area contributed by atoms with Crippen LogP contribution in [0, 0.1) is 0 Å². The summed E-state index contributed by atoms with van der Waals surface area (Å²) < 4.78 is 0.